The van der Waals surface area contributed by atoms with E-state index >= 15 is 0 Å². The average Bonchev–Trinajstić information content (AvgIpc) is 3.69. The number of halogens is 3. The number of benzene rings is 2. The molecule has 1 amide bonds. The Kier molecular flexibility index (Phi) is 7.59. The highest BCUT2D eigenvalue weighted by atomic mass is 19.4. The number of alkyl halides is 3. The molecule has 6 rings (SSSR count). The van der Waals surface area contributed by atoms with E-state index in [0.717, 1.165) is 57.2 Å². The Balaban J connectivity index is 1.34. The third kappa shape index (κ3) is 5.10. The number of fused-ring (bicyclic) bond motifs is 2. The van der Waals surface area contributed by atoms with E-state index in [1.165, 1.54) is 16.5 Å². The molecule has 0 N–H and O–H groups in total. The number of amides is 1. The van der Waals surface area contributed by atoms with Crippen molar-refractivity contribution in [2.75, 3.05) is 26.2 Å². The Labute approximate surface area is 243 Å². The number of piperidine rings is 1. The second kappa shape index (κ2) is 11.2. The summed E-state index contributed by atoms with van der Waals surface area (Å²) in [5.41, 5.74) is 2.27. The molecule has 3 aliphatic heterocycles. The summed E-state index contributed by atoms with van der Waals surface area (Å²) in [5.74, 6) is -0.900. The number of carbonyl (C=O) groups is 2. The van der Waals surface area contributed by atoms with Crippen LogP contribution in [0.4, 0.5) is 13.2 Å². The predicted molar refractivity (Wildman–Crippen MR) is 151 cm³/mol. The highest BCUT2D eigenvalue weighted by molar-refractivity contribution is 6.02. The Hall–Kier alpha value is -3.66. The number of ether oxygens (including phenoxy) is 1. The van der Waals surface area contributed by atoms with Crippen molar-refractivity contribution in [2.45, 2.75) is 70.8 Å². The van der Waals surface area contributed by atoms with Gasteiger partial charge in [0, 0.05) is 24.3 Å². The minimum atomic E-state index is -4.68. The molecule has 0 saturated carbocycles. The standard InChI is InChI=1S/C32H35F3N4O3/c1-3-37-14-11-22(12-15-37)20-7-9-21(10-8-20)23-16-24-25(26(17-23)32(33,34)35)18-39(30(24)40)29(31(41)42-4-2)28-27-6-5-13-38(27)19-36-28/h7-10,16-17,19,22,29H,3-6,11-15,18H2,1-2H3/t29-/m1/s1. The fourth-order valence-electron chi connectivity index (χ4n) is 6.73. The van der Waals surface area contributed by atoms with E-state index in [4.69, 9.17) is 4.74 Å². The molecule has 0 radical (unpaired) electrons. The van der Waals surface area contributed by atoms with Gasteiger partial charge < -0.3 is 19.1 Å². The number of likely N-dealkylation sites (tertiary alicyclic amines) is 1. The molecule has 3 aromatic rings. The lowest BCUT2D eigenvalue weighted by Crippen LogP contribution is -2.36. The molecule has 7 nitrogen and oxygen atoms in total. The molecule has 0 aliphatic carbocycles. The molecule has 0 unspecified atom stereocenters. The van der Waals surface area contributed by atoms with Crippen LogP contribution >= 0.6 is 0 Å². The summed E-state index contributed by atoms with van der Waals surface area (Å²) >= 11 is 0. The maximum atomic E-state index is 14.5. The number of imidazole rings is 1. The Morgan fingerprint density at radius 1 is 1.07 bits per heavy atom. The number of esters is 1. The molecule has 0 spiro atoms. The number of hydrogen-bond acceptors (Lipinski definition) is 5. The molecule has 3 aliphatic rings. The van der Waals surface area contributed by atoms with E-state index in [0.29, 0.717) is 29.2 Å². The van der Waals surface area contributed by atoms with Crippen LogP contribution in [-0.4, -0.2) is 57.5 Å². The third-order valence-electron chi connectivity index (χ3n) is 9.00. The van der Waals surface area contributed by atoms with Crippen LogP contribution in [0.25, 0.3) is 11.1 Å². The topological polar surface area (TPSA) is 67.7 Å². The van der Waals surface area contributed by atoms with Crippen molar-refractivity contribution in [3.05, 3.63) is 76.4 Å². The van der Waals surface area contributed by atoms with Gasteiger partial charge in [-0.15, -0.1) is 0 Å². The Morgan fingerprint density at radius 2 is 1.81 bits per heavy atom. The quantitative estimate of drug-likeness (QED) is 0.322. The van der Waals surface area contributed by atoms with Gasteiger partial charge in [0.1, 0.15) is 0 Å². The molecule has 1 atom stereocenters. The predicted octanol–water partition coefficient (Wildman–Crippen LogP) is 5.97. The highest BCUT2D eigenvalue weighted by Crippen LogP contribution is 2.43. The number of aromatic nitrogens is 2. The number of nitrogens with zero attached hydrogens (tertiary/aromatic N) is 4. The zero-order valence-electron chi connectivity index (χ0n) is 23.9. The minimum Gasteiger partial charge on any atom is -0.464 e. The molecule has 4 heterocycles. The van der Waals surface area contributed by atoms with Crippen LogP contribution in [0.2, 0.25) is 0 Å². The van der Waals surface area contributed by atoms with Crippen LogP contribution in [0, 0.1) is 0 Å². The number of rotatable bonds is 7. The molecule has 0 bridgehead atoms. The van der Waals surface area contributed by atoms with Gasteiger partial charge >= 0.3 is 12.1 Å². The molecule has 1 aromatic heterocycles. The second-order valence-corrected chi connectivity index (χ2v) is 11.3. The lowest BCUT2D eigenvalue weighted by molar-refractivity contribution is -0.149. The van der Waals surface area contributed by atoms with Gasteiger partial charge in [-0.3, -0.25) is 4.79 Å². The van der Waals surface area contributed by atoms with Crippen LogP contribution in [-0.2, 0) is 35.2 Å². The monoisotopic (exact) mass is 580 g/mol. The highest BCUT2D eigenvalue weighted by Gasteiger charge is 2.45. The first kappa shape index (κ1) is 28.5. The maximum Gasteiger partial charge on any atom is 0.416 e. The maximum absolute atomic E-state index is 14.5. The van der Waals surface area contributed by atoms with Crippen LogP contribution in [0.3, 0.4) is 0 Å². The molecule has 1 saturated heterocycles. The summed E-state index contributed by atoms with van der Waals surface area (Å²) in [7, 11) is 0. The van der Waals surface area contributed by atoms with Crippen molar-refractivity contribution in [2.24, 2.45) is 0 Å². The largest absolute Gasteiger partial charge is 0.464 e. The molecule has 222 valence electrons. The van der Waals surface area contributed by atoms with E-state index in [-0.39, 0.29) is 24.3 Å². The molecular weight excluding hydrogens is 545 g/mol. The van der Waals surface area contributed by atoms with Gasteiger partial charge in [0.2, 0.25) is 0 Å². The molecular formula is C32H35F3N4O3. The molecule has 10 heteroatoms. The Morgan fingerprint density at radius 3 is 2.48 bits per heavy atom. The third-order valence-corrected chi connectivity index (χ3v) is 9.00. The number of hydrogen-bond donors (Lipinski definition) is 0. The Bertz CT molecular complexity index is 1490. The summed E-state index contributed by atoms with van der Waals surface area (Å²) < 4.78 is 50.6. The number of aryl methyl sites for hydroxylation is 1. The normalized spacial score (nSPS) is 18.3. The van der Waals surface area contributed by atoms with Crippen molar-refractivity contribution in [1.82, 2.24) is 19.4 Å². The molecule has 42 heavy (non-hydrogen) atoms. The van der Waals surface area contributed by atoms with Crippen LogP contribution in [0.5, 0.6) is 0 Å². The SMILES string of the molecule is CCOC(=O)[C@@H](c1ncn2c1CCC2)N1Cc2c(cc(-c3ccc(C4CCN(CC)CC4)cc3)cc2C(F)(F)F)C1=O. The number of carbonyl (C=O) groups excluding carboxylic acids is 2. The summed E-state index contributed by atoms with van der Waals surface area (Å²) in [6.07, 6.45) is 0.581. The fourth-order valence-corrected chi connectivity index (χ4v) is 6.73. The van der Waals surface area contributed by atoms with Crippen LogP contribution in [0.15, 0.2) is 42.7 Å². The smallest absolute Gasteiger partial charge is 0.416 e. The van der Waals surface area contributed by atoms with Crippen LogP contribution < -0.4 is 0 Å². The summed E-state index contributed by atoms with van der Waals surface area (Å²) in [5, 5.41) is 0. The zero-order chi connectivity index (χ0) is 29.6. The first-order valence-electron chi connectivity index (χ1n) is 14.8. The van der Waals surface area contributed by atoms with E-state index < -0.39 is 29.7 Å². The van der Waals surface area contributed by atoms with E-state index in [1.54, 1.807) is 13.3 Å². The molecule has 2 aromatic carbocycles. The van der Waals surface area contributed by atoms with Crippen molar-refractivity contribution < 1.29 is 27.5 Å². The first-order valence-corrected chi connectivity index (χ1v) is 14.8. The van der Waals surface area contributed by atoms with Crippen molar-refractivity contribution >= 4 is 11.9 Å². The van der Waals surface area contributed by atoms with Gasteiger partial charge in [0.05, 0.1) is 24.2 Å². The molecule has 1 fully saturated rings. The van der Waals surface area contributed by atoms with Gasteiger partial charge in [-0.25, -0.2) is 9.78 Å². The fraction of sp³-hybridized carbons (Fsp3) is 0.469. The van der Waals surface area contributed by atoms with Gasteiger partial charge in [0.25, 0.3) is 5.91 Å². The summed E-state index contributed by atoms with van der Waals surface area (Å²) in [6.45, 7) is 7.38. The lowest BCUT2D eigenvalue weighted by Gasteiger charge is -2.31. The second-order valence-electron chi connectivity index (χ2n) is 11.3. The van der Waals surface area contributed by atoms with Gasteiger partial charge in [-0.2, -0.15) is 13.2 Å². The lowest BCUT2D eigenvalue weighted by atomic mass is 9.88. The summed E-state index contributed by atoms with van der Waals surface area (Å²) in [6, 6.07) is 9.10. The van der Waals surface area contributed by atoms with Crippen molar-refractivity contribution in [3.63, 3.8) is 0 Å². The van der Waals surface area contributed by atoms with E-state index in [1.807, 2.05) is 28.8 Å². The first-order chi connectivity index (χ1) is 20.2. The van der Waals surface area contributed by atoms with Crippen molar-refractivity contribution in [1.29, 1.82) is 0 Å². The van der Waals surface area contributed by atoms with Crippen LogP contribution in [0.1, 0.15) is 83.5 Å². The summed E-state index contributed by atoms with van der Waals surface area (Å²) in [4.78, 5) is 35.1. The van der Waals surface area contributed by atoms with Crippen molar-refractivity contribution in [3.8, 4) is 11.1 Å². The van der Waals surface area contributed by atoms with Gasteiger partial charge in [-0.1, -0.05) is 31.2 Å². The van der Waals surface area contributed by atoms with Gasteiger partial charge in [0.15, 0.2) is 6.04 Å². The van der Waals surface area contributed by atoms with Gasteiger partial charge in [-0.05, 0) is 92.5 Å². The van der Waals surface area contributed by atoms with E-state index in [2.05, 4.69) is 16.8 Å². The van der Waals surface area contributed by atoms with E-state index in [9.17, 15) is 22.8 Å². The zero-order valence-corrected chi connectivity index (χ0v) is 23.9. The average molecular weight is 581 g/mol. The minimum absolute atomic E-state index is 0.0407.